The zero-order valence-corrected chi connectivity index (χ0v) is 22.5. The number of hydrogen-bond donors (Lipinski definition) is 1. The maximum atomic E-state index is 13.3. The molecular formula is C28H32ClN3O2S. The van der Waals surface area contributed by atoms with Crippen molar-refractivity contribution in [1.82, 2.24) is 9.88 Å². The predicted octanol–water partition coefficient (Wildman–Crippen LogP) is 7.07. The Morgan fingerprint density at radius 3 is 2.34 bits per heavy atom. The van der Waals surface area contributed by atoms with E-state index in [0.717, 1.165) is 22.3 Å². The molecule has 0 saturated carbocycles. The van der Waals surface area contributed by atoms with Gasteiger partial charge in [-0.15, -0.1) is 0 Å². The van der Waals surface area contributed by atoms with Crippen molar-refractivity contribution in [1.29, 1.82) is 0 Å². The first-order valence-electron chi connectivity index (χ1n) is 11.3. The summed E-state index contributed by atoms with van der Waals surface area (Å²) in [5.41, 5.74) is 5.37. The number of pyridine rings is 1. The Morgan fingerprint density at radius 1 is 1.11 bits per heavy atom. The molecule has 0 saturated heterocycles. The van der Waals surface area contributed by atoms with Crippen molar-refractivity contribution >= 4 is 33.0 Å². The van der Waals surface area contributed by atoms with Gasteiger partial charge in [0.05, 0.1) is 10.6 Å². The topological polar surface area (TPSA) is 62.3 Å². The fourth-order valence-corrected chi connectivity index (χ4v) is 4.97. The van der Waals surface area contributed by atoms with Gasteiger partial charge in [0.1, 0.15) is 0 Å². The molecule has 184 valence electrons. The van der Waals surface area contributed by atoms with Gasteiger partial charge in [-0.25, -0.2) is 8.42 Å². The Balaban J connectivity index is 1.99. The molecule has 5 nitrogen and oxygen atoms in total. The number of benzene rings is 2. The van der Waals surface area contributed by atoms with Gasteiger partial charge < -0.3 is 4.90 Å². The van der Waals surface area contributed by atoms with E-state index in [-0.39, 0.29) is 10.3 Å². The first kappa shape index (κ1) is 26.5. The summed E-state index contributed by atoms with van der Waals surface area (Å²) in [4.78, 5) is 6.26. The lowest BCUT2D eigenvalue weighted by Gasteiger charge is -2.27. The number of hydrogen-bond acceptors (Lipinski definition) is 4. The van der Waals surface area contributed by atoms with E-state index in [2.05, 4.69) is 43.6 Å². The molecule has 0 unspecified atom stereocenters. The van der Waals surface area contributed by atoms with Crippen LogP contribution in [0.2, 0.25) is 5.02 Å². The molecule has 0 atom stereocenters. The first-order valence-corrected chi connectivity index (χ1v) is 13.1. The van der Waals surface area contributed by atoms with Crippen LogP contribution in [0.25, 0.3) is 5.70 Å². The summed E-state index contributed by atoms with van der Waals surface area (Å²) in [6, 6.07) is 12.2. The summed E-state index contributed by atoms with van der Waals surface area (Å²) < 4.78 is 29.3. The summed E-state index contributed by atoms with van der Waals surface area (Å²) in [7, 11) is -3.85. The molecular weight excluding hydrogens is 478 g/mol. The van der Waals surface area contributed by atoms with Crippen LogP contribution in [-0.2, 0) is 22.0 Å². The van der Waals surface area contributed by atoms with Crippen molar-refractivity contribution in [3.05, 3.63) is 107 Å². The first-order chi connectivity index (χ1) is 16.3. The van der Waals surface area contributed by atoms with Crippen LogP contribution < -0.4 is 4.72 Å². The van der Waals surface area contributed by atoms with Crippen molar-refractivity contribution < 1.29 is 8.42 Å². The van der Waals surface area contributed by atoms with Gasteiger partial charge >= 0.3 is 0 Å². The van der Waals surface area contributed by atoms with Crippen LogP contribution in [0.5, 0.6) is 0 Å². The van der Waals surface area contributed by atoms with Crippen LogP contribution in [0.4, 0.5) is 5.69 Å². The number of aromatic nitrogens is 1. The molecule has 2 aromatic carbocycles. The Morgan fingerprint density at radius 2 is 1.77 bits per heavy atom. The second-order valence-electron chi connectivity index (χ2n) is 9.53. The van der Waals surface area contributed by atoms with E-state index in [1.807, 2.05) is 36.9 Å². The number of nitrogens with one attached hydrogen (secondary N) is 1. The van der Waals surface area contributed by atoms with Crippen molar-refractivity contribution in [2.75, 3.05) is 4.72 Å². The zero-order chi connectivity index (χ0) is 26.0. The molecule has 1 N–H and O–H groups in total. The summed E-state index contributed by atoms with van der Waals surface area (Å²) in [5.74, 6) is 0. The highest BCUT2D eigenvalue weighted by molar-refractivity contribution is 7.92. The van der Waals surface area contributed by atoms with Crippen LogP contribution in [0.1, 0.15) is 48.6 Å². The Hall–Kier alpha value is -3.09. The smallest absolute Gasteiger partial charge is 0.261 e. The van der Waals surface area contributed by atoms with Crippen LogP contribution in [0, 0.1) is 13.8 Å². The lowest BCUT2D eigenvalue weighted by Crippen LogP contribution is -2.19. The lowest BCUT2D eigenvalue weighted by molar-refractivity contribution is 0.526. The molecule has 0 bridgehead atoms. The van der Waals surface area contributed by atoms with Crippen molar-refractivity contribution in [2.45, 2.75) is 51.5 Å². The van der Waals surface area contributed by atoms with Gasteiger partial charge in [-0.05, 0) is 78.0 Å². The van der Waals surface area contributed by atoms with Crippen LogP contribution in [0.15, 0.2) is 79.1 Å². The quantitative estimate of drug-likeness (QED) is 0.353. The summed E-state index contributed by atoms with van der Waals surface area (Å²) in [6.45, 7) is 18.8. The van der Waals surface area contributed by atoms with Crippen molar-refractivity contribution in [3.63, 3.8) is 0 Å². The van der Waals surface area contributed by atoms with E-state index in [1.54, 1.807) is 42.9 Å². The van der Waals surface area contributed by atoms with Crippen LogP contribution >= 0.6 is 11.6 Å². The number of halogens is 1. The van der Waals surface area contributed by atoms with Gasteiger partial charge in [0.25, 0.3) is 10.0 Å². The van der Waals surface area contributed by atoms with Crippen molar-refractivity contribution in [2.24, 2.45) is 0 Å². The third kappa shape index (κ3) is 5.95. The summed E-state index contributed by atoms with van der Waals surface area (Å²) in [5, 5.41) is 0.514. The lowest BCUT2D eigenvalue weighted by atomic mass is 9.87. The minimum absolute atomic E-state index is 0.0747. The second kappa shape index (κ2) is 10.3. The number of nitrogens with zero attached hydrogens (tertiary/aromatic N) is 2. The highest BCUT2D eigenvalue weighted by Crippen LogP contribution is 2.35. The number of aryl methyl sites for hydroxylation is 1. The monoisotopic (exact) mass is 509 g/mol. The summed E-state index contributed by atoms with van der Waals surface area (Å²) in [6.07, 6.45) is 5.21. The largest absolute Gasteiger partial charge is 0.344 e. The Labute approximate surface area is 214 Å². The van der Waals surface area contributed by atoms with Gasteiger partial charge in [-0.2, -0.15) is 0 Å². The Kier molecular flexibility index (Phi) is 7.77. The molecule has 35 heavy (non-hydrogen) atoms. The molecule has 0 fully saturated rings. The average molecular weight is 510 g/mol. The minimum Gasteiger partial charge on any atom is -0.344 e. The molecule has 0 aliphatic heterocycles. The van der Waals surface area contributed by atoms with Gasteiger partial charge in [0.2, 0.25) is 0 Å². The molecule has 1 heterocycles. The molecule has 0 aliphatic rings. The number of sulfonamides is 1. The highest BCUT2D eigenvalue weighted by Gasteiger charge is 2.22. The molecule has 0 aliphatic carbocycles. The highest BCUT2D eigenvalue weighted by atomic mass is 35.5. The van der Waals surface area contributed by atoms with Gasteiger partial charge in [0, 0.05) is 35.2 Å². The zero-order valence-electron chi connectivity index (χ0n) is 20.9. The Bertz CT molecular complexity index is 1360. The van der Waals surface area contributed by atoms with Gasteiger partial charge in [-0.3, -0.25) is 9.71 Å². The molecule has 7 heteroatoms. The van der Waals surface area contributed by atoms with E-state index in [4.69, 9.17) is 11.6 Å². The van der Waals surface area contributed by atoms with Gasteiger partial charge in [-0.1, -0.05) is 57.7 Å². The third-order valence-corrected chi connectivity index (χ3v) is 7.81. The molecule has 1 aromatic heterocycles. The van der Waals surface area contributed by atoms with E-state index >= 15 is 0 Å². The number of rotatable bonds is 8. The standard InChI is InChI=1S/C28H32ClN3O2S/c1-8-32(18-22-17-30-16-15-19(22)2)21(4)27-20(3)25(29)13-14-26(27)31-35(33,34)24-11-9-23(10-12-24)28(5,6)7/h8-17,31H,1,4,18H2,2-3,5-7H3. The van der Waals surface area contributed by atoms with E-state index in [9.17, 15) is 8.42 Å². The molecule has 0 amide bonds. The normalized spacial score (nSPS) is 11.7. The fraction of sp³-hybridized carbons (Fsp3) is 0.250. The van der Waals surface area contributed by atoms with Gasteiger partial charge in [0.15, 0.2) is 0 Å². The van der Waals surface area contributed by atoms with Crippen LogP contribution in [-0.4, -0.2) is 18.3 Å². The van der Waals surface area contributed by atoms with E-state index in [1.165, 1.54) is 0 Å². The average Bonchev–Trinajstić information content (AvgIpc) is 2.80. The maximum absolute atomic E-state index is 13.3. The fourth-order valence-electron chi connectivity index (χ4n) is 3.74. The molecule has 0 radical (unpaired) electrons. The summed E-state index contributed by atoms with van der Waals surface area (Å²) >= 11 is 6.44. The van der Waals surface area contributed by atoms with Crippen molar-refractivity contribution in [3.8, 4) is 0 Å². The molecule has 0 spiro atoms. The van der Waals surface area contributed by atoms with E-state index in [0.29, 0.717) is 28.5 Å². The molecule has 3 aromatic rings. The maximum Gasteiger partial charge on any atom is 0.261 e. The minimum atomic E-state index is -3.85. The SMILES string of the molecule is C=CN(Cc1cnccc1C)C(=C)c1c(NS(=O)(=O)c2ccc(C(C)(C)C)cc2)ccc(Cl)c1C. The van der Waals surface area contributed by atoms with Crippen LogP contribution in [0.3, 0.4) is 0 Å². The molecule has 3 rings (SSSR count). The van der Waals surface area contributed by atoms with E-state index < -0.39 is 10.0 Å². The predicted molar refractivity (Wildman–Crippen MR) is 146 cm³/mol. The number of anilines is 1. The third-order valence-electron chi connectivity index (χ3n) is 6.02. The second-order valence-corrected chi connectivity index (χ2v) is 11.6.